The van der Waals surface area contributed by atoms with Gasteiger partial charge in [0.25, 0.3) is 11.8 Å². The number of fused-ring (bicyclic) bond motifs is 2. The van der Waals surface area contributed by atoms with Crippen molar-refractivity contribution in [3.63, 3.8) is 0 Å². The Kier molecular flexibility index (Phi) is 20.9. The van der Waals surface area contributed by atoms with E-state index >= 15 is 0 Å². The summed E-state index contributed by atoms with van der Waals surface area (Å²) in [4.78, 5) is 50.2. The van der Waals surface area contributed by atoms with E-state index in [1.54, 1.807) is 111 Å². The molecule has 20 heteroatoms. The monoisotopic (exact) mass is 1060 g/mol. The number of aromatic nitrogens is 4. The standard InChI is InChI=1S/C26H23ClN2O5S.C25H21ClN2O5S.2CH4.Li.H2O/c1-16-5-4-6-21(27)23(16)25(30)29-22-15-17(13-14-35(3,32)33)7-12-20(22)24(28-29)18-8-10-19(11-9-18)26(31)34-2;1-15-4-3-5-20(26)22(15)24(29)28-21-14-16(12-13-34(2,32)33)6-11-19(21)23(27-28)17-7-9-18(10-8-17)25(30)31;;;;/h4-12,15H,13-14H2,1-3H3;3-11,14H,12-13H2,1-2H3,(H,30,31);2*1H4;;1H2/q;;;;+1;/p-1. The van der Waals surface area contributed by atoms with Gasteiger partial charge < -0.3 is 15.3 Å². The molecule has 0 atom stereocenters. The van der Waals surface area contributed by atoms with Crippen molar-refractivity contribution in [2.24, 2.45) is 0 Å². The van der Waals surface area contributed by atoms with Gasteiger partial charge in [-0.15, -0.1) is 0 Å². The summed E-state index contributed by atoms with van der Waals surface area (Å²) < 4.78 is 54.0. The van der Waals surface area contributed by atoms with Crippen LogP contribution in [-0.2, 0) is 37.3 Å². The second-order valence-corrected chi connectivity index (χ2v) is 21.7. The zero-order valence-corrected chi connectivity index (χ0v) is 42.5. The van der Waals surface area contributed by atoms with E-state index in [4.69, 9.17) is 27.9 Å². The van der Waals surface area contributed by atoms with E-state index in [1.165, 1.54) is 41.1 Å². The number of rotatable bonds is 12. The average Bonchev–Trinajstić information content (AvgIpc) is 3.88. The molecule has 378 valence electrons. The van der Waals surface area contributed by atoms with Crippen molar-refractivity contribution in [3.8, 4) is 22.5 Å². The molecule has 73 heavy (non-hydrogen) atoms. The quantitative estimate of drug-likeness (QED) is 0.0926. The van der Waals surface area contributed by atoms with Crippen LogP contribution in [0.1, 0.15) is 78.5 Å². The molecule has 0 fully saturated rings. The van der Waals surface area contributed by atoms with Gasteiger partial charge in [-0.2, -0.15) is 19.6 Å². The molecule has 6 aromatic carbocycles. The van der Waals surface area contributed by atoms with Crippen molar-refractivity contribution < 1.29 is 70.2 Å². The summed E-state index contributed by atoms with van der Waals surface area (Å²) in [5, 5.41) is 20.4. The summed E-state index contributed by atoms with van der Waals surface area (Å²) in [6.45, 7) is 3.59. The van der Waals surface area contributed by atoms with Gasteiger partial charge in [0.2, 0.25) is 0 Å². The fraction of sp³-hybridized carbons (Fsp3) is 0.208. The van der Waals surface area contributed by atoms with E-state index in [0.29, 0.717) is 95.0 Å². The van der Waals surface area contributed by atoms with Gasteiger partial charge in [-0.05, 0) is 97.5 Å². The first-order valence-electron chi connectivity index (χ1n) is 21.1. The van der Waals surface area contributed by atoms with Gasteiger partial charge in [0.05, 0.1) is 61.9 Å². The number of hydrogen-bond acceptors (Lipinski definition) is 12. The summed E-state index contributed by atoms with van der Waals surface area (Å²) in [6, 6.07) is 34.2. The zero-order chi connectivity index (χ0) is 49.9. The third-order valence-electron chi connectivity index (χ3n) is 11.3. The van der Waals surface area contributed by atoms with E-state index in [9.17, 15) is 41.1 Å². The smallest absolute Gasteiger partial charge is 0.870 e. The zero-order valence-electron chi connectivity index (χ0n) is 39.3. The van der Waals surface area contributed by atoms with Crippen LogP contribution in [0.15, 0.2) is 121 Å². The Morgan fingerprint density at radius 3 is 1.29 bits per heavy atom. The molecular formula is C53H53Cl2LiN4O11S2. The first-order chi connectivity index (χ1) is 32.6. The molecule has 8 aromatic rings. The number of hydrogen-bond donors (Lipinski definition) is 1. The molecule has 0 amide bonds. The number of methoxy groups -OCH3 is 1. The molecule has 0 aliphatic carbocycles. The molecule has 0 aliphatic rings. The Balaban J connectivity index is 0.000000365. The van der Waals surface area contributed by atoms with Crippen LogP contribution >= 0.6 is 23.2 Å². The minimum Gasteiger partial charge on any atom is -0.870 e. The Morgan fingerprint density at radius 1 is 0.589 bits per heavy atom. The summed E-state index contributed by atoms with van der Waals surface area (Å²) in [7, 11) is -5.00. The number of nitrogens with zero attached hydrogens (tertiary/aromatic N) is 4. The first-order valence-corrected chi connectivity index (χ1v) is 26.0. The number of aromatic carboxylic acids is 1. The van der Waals surface area contributed by atoms with Crippen LogP contribution in [0.2, 0.25) is 10.0 Å². The number of benzene rings is 6. The molecule has 0 saturated carbocycles. The van der Waals surface area contributed by atoms with Crippen molar-refractivity contribution >= 4 is 88.4 Å². The molecular weight excluding hydrogens is 1010 g/mol. The largest absolute Gasteiger partial charge is 1.00 e. The fourth-order valence-electron chi connectivity index (χ4n) is 7.64. The second-order valence-electron chi connectivity index (χ2n) is 16.4. The van der Waals surface area contributed by atoms with Gasteiger partial charge in [0.1, 0.15) is 31.1 Å². The summed E-state index contributed by atoms with van der Waals surface area (Å²) >= 11 is 12.7. The molecule has 2 heterocycles. The average molecular weight is 1060 g/mol. The maximum Gasteiger partial charge on any atom is 1.00 e. The first kappa shape index (κ1) is 60.9. The number of carbonyl (C=O) groups excluding carboxylic acids is 3. The Labute approximate surface area is 446 Å². The summed E-state index contributed by atoms with van der Waals surface area (Å²) in [6.07, 6.45) is 2.97. The van der Waals surface area contributed by atoms with Gasteiger partial charge in [-0.1, -0.05) is 111 Å². The van der Waals surface area contributed by atoms with E-state index in [-0.39, 0.29) is 56.3 Å². The van der Waals surface area contributed by atoms with Gasteiger partial charge in [0.15, 0.2) is 0 Å². The van der Waals surface area contributed by atoms with Crippen molar-refractivity contribution in [3.05, 3.63) is 176 Å². The predicted octanol–water partition coefficient (Wildman–Crippen LogP) is 7.47. The molecule has 2 N–H and O–H groups in total. The Bertz CT molecular complexity index is 3540. The topological polar surface area (TPSA) is 232 Å². The minimum absolute atomic E-state index is 0. The molecule has 0 unspecified atom stereocenters. The van der Waals surface area contributed by atoms with E-state index in [2.05, 4.69) is 10.2 Å². The van der Waals surface area contributed by atoms with Crippen molar-refractivity contribution in [2.45, 2.75) is 41.5 Å². The van der Waals surface area contributed by atoms with Crippen LogP contribution < -0.4 is 18.9 Å². The molecule has 0 bridgehead atoms. The van der Waals surface area contributed by atoms with Gasteiger partial charge in [-0.3, -0.25) is 9.59 Å². The molecule has 2 aromatic heterocycles. The predicted molar refractivity (Wildman–Crippen MR) is 283 cm³/mol. The summed E-state index contributed by atoms with van der Waals surface area (Å²) in [5.74, 6) is -2.33. The molecule has 0 saturated heterocycles. The van der Waals surface area contributed by atoms with Crippen LogP contribution in [0.5, 0.6) is 0 Å². The van der Waals surface area contributed by atoms with Crippen LogP contribution in [0.3, 0.4) is 0 Å². The van der Waals surface area contributed by atoms with Crippen molar-refractivity contribution in [1.82, 2.24) is 19.6 Å². The Hall–Kier alpha value is -6.42. The number of ether oxygens (including phenoxy) is 1. The minimum atomic E-state index is -3.16. The molecule has 8 rings (SSSR count). The Morgan fingerprint density at radius 2 is 0.959 bits per heavy atom. The molecule has 0 radical (unpaired) electrons. The van der Waals surface area contributed by atoms with E-state index in [0.717, 1.165) is 11.1 Å². The maximum atomic E-state index is 13.6. The number of sulfone groups is 2. The molecule has 0 spiro atoms. The second kappa shape index (κ2) is 25.0. The van der Waals surface area contributed by atoms with Crippen LogP contribution in [0, 0.1) is 13.8 Å². The van der Waals surface area contributed by atoms with Crippen molar-refractivity contribution in [1.29, 1.82) is 0 Å². The number of carbonyl (C=O) groups is 4. The van der Waals surface area contributed by atoms with Crippen LogP contribution in [-0.4, -0.2) is 102 Å². The SMILES string of the molecule is C.C.COC(=O)c1ccc(-c2nn(C(=O)c3c(C)cccc3Cl)c3cc(CCS(C)(=O)=O)ccc23)cc1.Cc1cccc(Cl)c1C(=O)n1nc(-c2ccc(C(=O)O)cc2)c2ccc(CCS(C)(=O)=O)cc21.[Li+].[OH-]. The number of halogens is 2. The third-order valence-corrected chi connectivity index (χ3v) is 13.8. The third kappa shape index (κ3) is 14.0. The normalized spacial score (nSPS) is 10.9. The number of carboxylic acid groups (broad SMARTS) is 1. The van der Waals surface area contributed by atoms with Gasteiger partial charge >= 0.3 is 30.8 Å². The van der Waals surface area contributed by atoms with Crippen LogP contribution in [0.4, 0.5) is 0 Å². The van der Waals surface area contributed by atoms with Crippen molar-refractivity contribution in [2.75, 3.05) is 31.1 Å². The number of aryl methyl sites for hydroxylation is 4. The van der Waals surface area contributed by atoms with E-state index in [1.807, 2.05) is 12.1 Å². The molecule has 15 nitrogen and oxygen atoms in total. The van der Waals surface area contributed by atoms with Crippen LogP contribution in [0.25, 0.3) is 44.3 Å². The number of esters is 1. The summed E-state index contributed by atoms with van der Waals surface area (Å²) in [5.41, 5.74) is 7.54. The van der Waals surface area contributed by atoms with E-state index < -0.39 is 43.4 Å². The fourth-order valence-corrected chi connectivity index (χ4v) is 9.46. The maximum absolute atomic E-state index is 13.6. The van der Waals surface area contributed by atoms with Gasteiger partial charge in [-0.25, -0.2) is 26.4 Å². The number of carboxylic acids is 1. The molecule has 0 aliphatic heterocycles. The van der Waals surface area contributed by atoms with Gasteiger partial charge in [0, 0.05) is 34.4 Å².